The molecule has 0 aliphatic carbocycles. The van der Waals surface area contributed by atoms with Gasteiger partial charge in [0, 0.05) is 0 Å². The molecule has 9 heteroatoms. The minimum Gasteiger partial charge on any atom is -0.394 e. The number of aliphatic hydroxyl groups excluding tert-OH is 3. The number of benzene rings is 1. The summed E-state index contributed by atoms with van der Waals surface area (Å²) in [6.07, 6.45) is -3.12. The van der Waals surface area contributed by atoms with Gasteiger partial charge >= 0.3 is 0 Å². The Labute approximate surface area is 144 Å². The number of fused-ring (bicyclic) bond motifs is 1. The molecule has 0 amide bonds. The van der Waals surface area contributed by atoms with Crippen LogP contribution in [0.4, 0.5) is 0 Å². The van der Waals surface area contributed by atoms with Crippen LogP contribution in [0.3, 0.4) is 0 Å². The number of imidazole rings is 1. The second kappa shape index (κ2) is 6.24. The summed E-state index contributed by atoms with van der Waals surface area (Å²) >= 11 is 15.4. The molecule has 2 aromatic rings. The van der Waals surface area contributed by atoms with Gasteiger partial charge in [0.05, 0.1) is 40.3 Å². The second-order valence-electron chi connectivity index (χ2n) is 5.11. The normalized spacial score (nSPS) is 29.2. The Kier molecular flexibility index (Phi) is 4.66. The standard InChI is InChI=1S/C13H13BrCl2N2O4/c14-13-17-7-1-5(15)6(16)2-8(7)18(13)9-4-22-10(3-19)12(21)11(9)20/h1-2,9-12,19-21H,3-4H2/t9?,10-,11?,12?/m1/s1. The molecule has 4 atom stereocenters. The third kappa shape index (κ3) is 2.65. The maximum Gasteiger partial charge on any atom is 0.178 e. The van der Waals surface area contributed by atoms with Crippen LogP contribution in [0.5, 0.6) is 0 Å². The van der Waals surface area contributed by atoms with Crippen LogP contribution in [0.15, 0.2) is 16.9 Å². The molecule has 0 radical (unpaired) electrons. The van der Waals surface area contributed by atoms with Crippen LogP contribution >= 0.6 is 39.1 Å². The molecular weight excluding hydrogens is 399 g/mol. The minimum absolute atomic E-state index is 0.119. The number of nitrogens with zero attached hydrogens (tertiary/aromatic N) is 2. The van der Waals surface area contributed by atoms with Crippen LogP contribution in [0.25, 0.3) is 11.0 Å². The molecule has 0 bridgehead atoms. The highest BCUT2D eigenvalue weighted by Gasteiger charge is 2.40. The molecule has 3 unspecified atom stereocenters. The predicted molar refractivity (Wildman–Crippen MR) is 85.3 cm³/mol. The number of aromatic nitrogens is 2. The average Bonchev–Trinajstić information content (AvgIpc) is 2.78. The summed E-state index contributed by atoms with van der Waals surface area (Å²) in [4.78, 5) is 4.33. The van der Waals surface area contributed by atoms with E-state index >= 15 is 0 Å². The fourth-order valence-electron chi connectivity index (χ4n) is 2.63. The van der Waals surface area contributed by atoms with E-state index in [1.807, 2.05) is 0 Å². The van der Waals surface area contributed by atoms with Crippen molar-refractivity contribution >= 4 is 50.2 Å². The number of hydrogen-bond acceptors (Lipinski definition) is 5. The Morgan fingerprint density at radius 3 is 2.64 bits per heavy atom. The summed E-state index contributed by atoms with van der Waals surface area (Å²) in [5.74, 6) is 0. The fourth-order valence-corrected chi connectivity index (χ4v) is 3.59. The topological polar surface area (TPSA) is 87.7 Å². The van der Waals surface area contributed by atoms with Gasteiger partial charge in [-0.1, -0.05) is 23.2 Å². The van der Waals surface area contributed by atoms with Crippen molar-refractivity contribution in [1.29, 1.82) is 0 Å². The molecular formula is C13H13BrCl2N2O4. The van der Waals surface area contributed by atoms with Crippen molar-refractivity contribution in [3.63, 3.8) is 0 Å². The summed E-state index contributed by atoms with van der Waals surface area (Å²) < 4.78 is 7.57. The zero-order chi connectivity index (χ0) is 16.0. The van der Waals surface area contributed by atoms with Crippen LogP contribution in [0.1, 0.15) is 6.04 Å². The van der Waals surface area contributed by atoms with Gasteiger partial charge in [-0.05, 0) is 28.1 Å². The van der Waals surface area contributed by atoms with E-state index in [1.54, 1.807) is 16.7 Å². The van der Waals surface area contributed by atoms with E-state index in [0.29, 0.717) is 25.8 Å². The average molecular weight is 412 g/mol. The third-order valence-electron chi connectivity index (χ3n) is 3.81. The van der Waals surface area contributed by atoms with Crippen LogP contribution in [-0.2, 0) is 4.74 Å². The first-order valence-electron chi connectivity index (χ1n) is 6.55. The van der Waals surface area contributed by atoms with E-state index < -0.39 is 24.4 Å². The van der Waals surface area contributed by atoms with Gasteiger partial charge in [-0.15, -0.1) is 0 Å². The van der Waals surface area contributed by atoms with E-state index in [9.17, 15) is 10.2 Å². The molecule has 120 valence electrons. The summed E-state index contributed by atoms with van der Waals surface area (Å²) in [7, 11) is 0. The van der Waals surface area contributed by atoms with Gasteiger partial charge in [0.2, 0.25) is 0 Å². The van der Waals surface area contributed by atoms with Crippen molar-refractivity contribution in [3.8, 4) is 0 Å². The molecule has 1 aromatic carbocycles. The lowest BCUT2D eigenvalue weighted by atomic mass is 9.98. The molecule has 1 aliphatic rings. The molecule has 1 saturated heterocycles. The molecule has 3 N–H and O–H groups in total. The smallest absolute Gasteiger partial charge is 0.178 e. The monoisotopic (exact) mass is 410 g/mol. The highest BCUT2D eigenvalue weighted by molar-refractivity contribution is 9.10. The molecule has 0 saturated carbocycles. The summed E-state index contributed by atoms with van der Waals surface area (Å²) in [5, 5.41) is 30.3. The van der Waals surface area contributed by atoms with Gasteiger partial charge in [-0.25, -0.2) is 4.98 Å². The molecule has 1 fully saturated rings. The Morgan fingerprint density at radius 2 is 1.95 bits per heavy atom. The lowest BCUT2D eigenvalue weighted by Crippen LogP contribution is -2.52. The van der Waals surface area contributed by atoms with Crippen molar-refractivity contribution < 1.29 is 20.1 Å². The van der Waals surface area contributed by atoms with Crippen LogP contribution < -0.4 is 0 Å². The van der Waals surface area contributed by atoms with E-state index in [-0.39, 0.29) is 13.2 Å². The summed E-state index contributed by atoms with van der Waals surface area (Å²) in [6.45, 7) is -0.244. The molecule has 0 spiro atoms. The maximum atomic E-state index is 10.3. The van der Waals surface area contributed by atoms with Crippen LogP contribution in [0.2, 0.25) is 10.0 Å². The quantitative estimate of drug-likeness (QED) is 0.700. The highest BCUT2D eigenvalue weighted by Crippen LogP contribution is 2.35. The number of halogens is 3. The van der Waals surface area contributed by atoms with Crippen molar-refractivity contribution in [2.24, 2.45) is 0 Å². The van der Waals surface area contributed by atoms with E-state index in [2.05, 4.69) is 20.9 Å². The Bertz CT molecular complexity index is 711. The van der Waals surface area contributed by atoms with Gasteiger partial charge in [-0.2, -0.15) is 0 Å². The number of hydrogen-bond donors (Lipinski definition) is 3. The second-order valence-corrected chi connectivity index (χ2v) is 6.63. The Hall–Kier alpha value is -0.410. The van der Waals surface area contributed by atoms with Gasteiger partial charge < -0.3 is 24.6 Å². The van der Waals surface area contributed by atoms with Gasteiger partial charge in [0.25, 0.3) is 0 Å². The minimum atomic E-state index is -1.20. The van der Waals surface area contributed by atoms with Gasteiger partial charge in [0.1, 0.15) is 18.3 Å². The summed E-state index contributed by atoms with van der Waals surface area (Å²) in [5.41, 5.74) is 1.26. The molecule has 6 nitrogen and oxygen atoms in total. The molecule has 1 aliphatic heterocycles. The number of rotatable bonds is 2. The van der Waals surface area contributed by atoms with Crippen molar-refractivity contribution in [2.45, 2.75) is 24.4 Å². The first-order chi connectivity index (χ1) is 10.4. The molecule has 1 aromatic heterocycles. The summed E-state index contributed by atoms with van der Waals surface area (Å²) in [6, 6.07) is 2.70. The lowest BCUT2D eigenvalue weighted by Gasteiger charge is -2.37. The highest BCUT2D eigenvalue weighted by atomic mass is 79.9. The van der Waals surface area contributed by atoms with Crippen molar-refractivity contribution in [1.82, 2.24) is 9.55 Å². The van der Waals surface area contributed by atoms with Crippen molar-refractivity contribution in [3.05, 3.63) is 26.9 Å². The Morgan fingerprint density at radius 1 is 1.27 bits per heavy atom. The first kappa shape index (κ1) is 16.4. The van der Waals surface area contributed by atoms with E-state index in [1.165, 1.54) is 0 Å². The van der Waals surface area contributed by atoms with Gasteiger partial charge in [0.15, 0.2) is 4.73 Å². The zero-order valence-corrected chi connectivity index (χ0v) is 14.3. The van der Waals surface area contributed by atoms with Crippen LogP contribution in [-0.4, -0.2) is 56.4 Å². The number of aliphatic hydroxyl groups is 3. The number of ether oxygens (including phenoxy) is 1. The fraction of sp³-hybridized carbons (Fsp3) is 0.462. The van der Waals surface area contributed by atoms with Crippen LogP contribution in [0, 0.1) is 0 Å². The first-order valence-corrected chi connectivity index (χ1v) is 8.10. The maximum absolute atomic E-state index is 10.3. The molecule has 22 heavy (non-hydrogen) atoms. The zero-order valence-electron chi connectivity index (χ0n) is 11.2. The largest absolute Gasteiger partial charge is 0.394 e. The Balaban J connectivity index is 2.06. The SMILES string of the molecule is OC[C@H]1OCC(n2c(Br)nc3cc(Cl)c(Cl)cc32)C(O)C1O. The molecule has 3 rings (SSSR count). The third-order valence-corrected chi connectivity index (χ3v) is 5.09. The van der Waals surface area contributed by atoms with E-state index in [0.717, 1.165) is 0 Å². The lowest BCUT2D eigenvalue weighted by molar-refractivity contribution is -0.169. The molecule has 2 heterocycles. The van der Waals surface area contributed by atoms with Gasteiger partial charge in [-0.3, -0.25) is 0 Å². The van der Waals surface area contributed by atoms with Crippen molar-refractivity contribution in [2.75, 3.05) is 13.2 Å². The van der Waals surface area contributed by atoms with E-state index in [4.69, 9.17) is 33.0 Å². The predicted octanol–water partition coefficient (Wildman–Crippen LogP) is 1.76.